The molecule has 0 saturated heterocycles. The molecule has 1 aromatic heterocycles. The van der Waals surface area contributed by atoms with Crippen LogP contribution in [0.15, 0.2) is 64.4 Å². The lowest BCUT2D eigenvalue weighted by atomic mass is 9.97. The van der Waals surface area contributed by atoms with Crippen LogP contribution in [-0.2, 0) is 17.6 Å². The number of aromatic amines is 1. The fourth-order valence-corrected chi connectivity index (χ4v) is 4.16. The third-order valence-electron chi connectivity index (χ3n) is 5.87. The Morgan fingerprint density at radius 2 is 1.97 bits per heavy atom. The highest BCUT2D eigenvalue weighted by molar-refractivity contribution is 6.01. The van der Waals surface area contributed by atoms with E-state index >= 15 is 0 Å². The molecule has 34 heavy (non-hydrogen) atoms. The third-order valence-corrected chi connectivity index (χ3v) is 5.87. The molecule has 4 aromatic rings. The van der Waals surface area contributed by atoms with Crippen molar-refractivity contribution in [3.05, 3.63) is 93.2 Å². The quantitative estimate of drug-likeness (QED) is 0.472. The van der Waals surface area contributed by atoms with Gasteiger partial charge in [-0.3, -0.25) is 10.1 Å². The third kappa shape index (κ3) is 4.05. The predicted octanol–water partition coefficient (Wildman–Crippen LogP) is 4.57. The zero-order valence-electron chi connectivity index (χ0n) is 18.6. The SMILES string of the molecule is COC(=O)NC1=Nc2cc(-c3cc(Cc4n[nH]c(=O)c5cc(C)ccc45)ccc3F)ccc2C1. The smallest absolute Gasteiger partial charge is 0.412 e. The van der Waals surface area contributed by atoms with Gasteiger partial charge in [0, 0.05) is 23.8 Å². The molecule has 1 aliphatic heterocycles. The zero-order chi connectivity index (χ0) is 23.8. The van der Waals surface area contributed by atoms with E-state index in [1.54, 1.807) is 18.2 Å². The highest BCUT2D eigenvalue weighted by Crippen LogP contribution is 2.33. The van der Waals surface area contributed by atoms with Crippen molar-refractivity contribution in [2.75, 3.05) is 7.11 Å². The minimum absolute atomic E-state index is 0.234. The van der Waals surface area contributed by atoms with Gasteiger partial charge in [0.2, 0.25) is 0 Å². The molecule has 0 saturated carbocycles. The number of hydrogen-bond donors (Lipinski definition) is 2. The number of amidine groups is 1. The number of aryl methyl sites for hydroxylation is 1. The number of halogens is 1. The number of carbonyl (C=O) groups excluding carboxylic acids is 1. The van der Waals surface area contributed by atoms with Crippen molar-refractivity contribution < 1.29 is 13.9 Å². The van der Waals surface area contributed by atoms with Gasteiger partial charge in [-0.1, -0.05) is 35.9 Å². The lowest BCUT2D eigenvalue weighted by molar-refractivity contribution is 0.176. The number of aliphatic imine (C=N–C) groups is 1. The van der Waals surface area contributed by atoms with Crippen LogP contribution in [-0.4, -0.2) is 29.2 Å². The molecule has 0 spiro atoms. The highest BCUT2D eigenvalue weighted by atomic mass is 19.1. The Kier molecular flexibility index (Phi) is 5.41. The van der Waals surface area contributed by atoms with Crippen molar-refractivity contribution in [3.63, 3.8) is 0 Å². The Hall–Kier alpha value is -4.33. The number of nitrogens with zero attached hydrogens (tertiary/aromatic N) is 2. The molecule has 5 rings (SSSR count). The second-order valence-corrected chi connectivity index (χ2v) is 8.23. The lowest BCUT2D eigenvalue weighted by Crippen LogP contribution is -2.30. The van der Waals surface area contributed by atoms with E-state index in [2.05, 4.69) is 25.2 Å². The van der Waals surface area contributed by atoms with Gasteiger partial charge in [0.05, 0.1) is 23.9 Å². The minimum atomic E-state index is -0.580. The first-order valence-corrected chi connectivity index (χ1v) is 10.7. The summed E-state index contributed by atoms with van der Waals surface area (Å²) < 4.78 is 19.4. The van der Waals surface area contributed by atoms with Crippen LogP contribution in [0.3, 0.4) is 0 Å². The van der Waals surface area contributed by atoms with Crippen molar-refractivity contribution in [3.8, 4) is 11.1 Å². The van der Waals surface area contributed by atoms with Crippen LogP contribution in [0.1, 0.15) is 22.4 Å². The summed E-state index contributed by atoms with van der Waals surface area (Å²) in [6, 6.07) is 16.1. The zero-order valence-corrected chi connectivity index (χ0v) is 18.6. The van der Waals surface area contributed by atoms with Gasteiger partial charge >= 0.3 is 6.09 Å². The Morgan fingerprint density at radius 3 is 2.79 bits per heavy atom. The number of fused-ring (bicyclic) bond motifs is 2. The van der Waals surface area contributed by atoms with E-state index in [1.807, 2.05) is 37.3 Å². The van der Waals surface area contributed by atoms with E-state index in [0.717, 1.165) is 22.1 Å². The van der Waals surface area contributed by atoms with Crippen LogP contribution in [0, 0.1) is 12.7 Å². The number of benzene rings is 3. The molecule has 0 aliphatic carbocycles. The first-order valence-electron chi connectivity index (χ1n) is 10.7. The van der Waals surface area contributed by atoms with Crippen molar-refractivity contribution in [2.24, 2.45) is 4.99 Å². The van der Waals surface area contributed by atoms with Crippen LogP contribution in [0.4, 0.5) is 14.9 Å². The number of amides is 1. The van der Waals surface area contributed by atoms with E-state index < -0.39 is 6.09 Å². The van der Waals surface area contributed by atoms with Gasteiger partial charge in [-0.15, -0.1) is 0 Å². The lowest BCUT2D eigenvalue weighted by Gasteiger charge is -2.10. The van der Waals surface area contributed by atoms with E-state index in [-0.39, 0.29) is 11.4 Å². The van der Waals surface area contributed by atoms with Gasteiger partial charge in [0.25, 0.3) is 5.56 Å². The van der Waals surface area contributed by atoms with E-state index in [0.29, 0.717) is 46.6 Å². The monoisotopic (exact) mass is 456 g/mol. The molecular formula is C26H21FN4O3. The Labute approximate surface area is 194 Å². The molecule has 1 aliphatic rings. The van der Waals surface area contributed by atoms with Crippen LogP contribution in [0.2, 0.25) is 0 Å². The van der Waals surface area contributed by atoms with Crippen LogP contribution >= 0.6 is 0 Å². The van der Waals surface area contributed by atoms with Gasteiger partial charge in [0.15, 0.2) is 0 Å². The van der Waals surface area contributed by atoms with Gasteiger partial charge in [-0.25, -0.2) is 19.3 Å². The van der Waals surface area contributed by atoms with Gasteiger partial charge in [-0.2, -0.15) is 5.10 Å². The molecular weight excluding hydrogens is 435 g/mol. The number of rotatable bonds is 3. The molecule has 7 nitrogen and oxygen atoms in total. The highest BCUT2D eigenvalue weighted by Gasteiger charge is 2.18. The fourth-order valence-electron chi connectivity index (χ4n) is 4.16. The summed E-state index contributed by atoms with van der Waals surface area (Å²) in [4.78, 5) is 28.1. The van der Waals surface area contributed by atoms with Gasteiger partial charge in [0.1, 0.15) is 11.7 Å². The second-order valence-electron chi connectivity index (χ2n) is 8.23. The van der Waals surface area contributed by atoms with Crippen molar-refractivity contribution >= 4 is 28.4 Å². The molecule has 170 valence electrons. The molecule has 0 fully saturated rings. The van der Waals surface area contributed by atoms with Crippen molar-refractivity contribution in [1.82, 2.24) is 15.5 Å². The summed E-state index contributed by atoms with van der Waals surface area (Å²) in [6.07, 6.45) is 0.321. The Balaban J connectivity index is 1.48. The van der Waals surface area contributed by atoms with Gasteiger partial charge in [-0.05, 0) is 47.9 Å². The molecule has 1 amide bonds. The summed E-state index contributed by atoms with van der Waals surface area (Å²) in [6.45, 7) is 1.93. The average molecular weight is 456 g/mol. The number of aromatic nitrogens is 2. The largest absolute Gasteiger partial charge is 0.453 e. The van der Waals surface area contributed by atoms with Crippen LogP contribution in [0.25, 0.3) is 21.9 Å². The summed E-state index contributed by atoms with van der Waals surface area (Å²) in [7, 11) is 1.29. The number of ether oxygens (including phenoxy) is 1. The minimum Gasteiger partial charge on any atom is -0.453 e. The average Bonchev–Trinajstić information content (AvgIpc) is 3.23. The molecule has 3 aromatic carbocycles. The maximum Gasteiger partial charge on any atom is 0.412 e. The maximum absolute atomic E-state index is 14.8. The second kappa shape index (κ2) is 8.55. The molecule has 2 heterocycles. The van der Waals surface area contributed by atoms with E-state index in [1.165, 1.54) is 13.2 Å². The van der Waals surface area contributed by atoms with E-state index in [4.69, 9.17) is 0 Å². The summed E-state index contributed by atoms with van der Waals surface area (Å²) in [5.41, 5.74) is 5.05. The number of hydrogen-bond acceptors (Lipinski definition) is 5. The maximum atomic E-state index is 14.8. The normalized spacial score (nSPS) is 12.4. The summed E-state index contributed by atoms with van der Waals surface area (Å²) in [5, 5.41) is 10.8. The topological polar surface area (TPSA) is 96.4 Å². The number of alkyl carbamates (subject to hydrolysis) is 1. The molecule has 0 atom stereocenters. The molecule has 0 bridgehead atoms. The number of carbonyl (C=O) groups is 1. The molecule has 0 radical (unpaired) electrons. The van der Waals surface area contributed by atoms with Crippen LogP contribution < -0.4 is 10.9 Å². The summed E-state index contributed by atoms with van der Waals surface area (Å²) in [5.74, 6) is 0.132. The Morgan fingerprint density at radius 1 is 1.12 bits per heavy atom. The Bertz CT molecular complexity index is 1540. The van der Waals surface area contributed by atoms with Gasteiger partial charge < -0.3 is 4.74 Å². The standard InChI is InChI=1S/C26H21FN4O3/c1-14-3-7-18-20(9-14)25(32)31-30-23(18)11-15-4-8-21(27)19(10-15)16-5-6-17-13-24(28-22(17)12-16)29-26(33)34-2/h3-10,12H,11,13H2,1-2H3,(H,31,32)(H,28,29,33). The number of nitrogens with one attached hydrogen (secondary N) is 2. The summed E-state index contributed by atoms with van der Waals surface area (Å²) >= 11 is 0. The van der Waals surface area contributed by atoms with Crippen molar-refractivity contribution in [1.29, 1.82) is 0 Å². The van der Waals surface area contributed by atoms with Crippen molar-refractivity contribution in [2.45, 2.75) is 19.8 Å². The fraction of sp³-hybridized carbons (Fsp3) is 0.154. The number of H-pyrrole nitrogens is 1. The number of methoxy groups -OCH3 is 1. The van der Waals surface area contributed by atoms with Crippen LogP contribution in [0.5, 0.6) is 0 Å². The molecule has 2 N–H and O–H groups in total. The first kappa shape index (κ1) is 21.5. The molecule has 0 unspecified atom stereocenters. The molecule has 8 heteroatoms. The first-order chi connectivity index (χ1) is 16.4. The predicted molar refractivity (Wildman–Crippen MR) is 128 cm³/mol. The van der Waals surface area contributed by atoms with E-state index in [9.17, 15) is 14.0 Å².